The van der Waals surface area contributed by atoms with Crippen LogP contribution in [0.15, 0.2) is 48.7 Å². The lowest BCUT2D eigenvalue weighted by molar-refractivity contribution is -0.384. The number of para-hydroxylation sites is 2. The van der Waals surface area contributed by atoms with Crippen molar-refractivity contribution in [3.05, 3.63) is 58.8 Å². The highest BCUT2D eigenvalue weighted by Crippen LogP contribution is 2.39. The van der Waals surface area contributed by atoms with Gasteiger partial charge in [0.1, 0.15) is 17.1 Å². The van der Waals surface area contributed by atoms with Gasteiger partial charge in [-0.3, -0.25) is 10.1 Å². The molecule has 4 aromatic rings. The fourth-order valence-electron chi connectivity index (χ4n) is 3.66. The van der Waals surface area contributed by atoms with Gasteiger partial charge in [0, 0.05) is 46.1 Å². The van der Waals surface area contributed by atoms with Crippen LogP contribution in [0.1, 0.15) is 0 Å². The van der Waals surface area contributed by atoms with Gasteiger partial charge in [-0.25, -0.2) is 15.0 Å². The summed E-state index contributed by atoms with van der Waals surface area (Å²) in [5.74, 6) is 1.36. The quantitative estimate of drug-likeness (QED) is 0.292. The third-order valence-corrected chi connectivity index (χ3v) is 5.45. The molecule has 2 heterocycles. The average Bonchev–Trinajstić information content (AvgIpc) is 3.19. The standard InChI is InChI=1S/C23H25N7O4/c1-28(11-12-33-3)19-14-21(34-4)17(13-20(19)30(31)32)27-23-24-10-9-16(26-23)22-25-15-7-5-6-8-18(15)29(22)2/h5-10,13-14H,11-12H2,1-4H3,(H,24,26,27). The molecule has 0 fully saturated rings. The normalized spacial score (nSPS) is 10.9. The Bertz CT molecular complexity index is 1340. The van der Waals surface area contributed by atoms with E-state index in [1.54, 1.807) is 37.4 Å². The number of likely N-dealkylation sites (N-methyl/N-ethyl adjacent to an activating group) is 1. The van der Waals surface area contributed by atoms with Crippen LogP contribution < -0.4 is 15.0 Å². The van der Waals surface area contributed by atoms with Gasteiger partial charge in [0.25, 0.3) is 5.69 Å². The molecule has 0 bridgehead atoms. The number of imidazole rings is 1. The lowest BCUT2D eigenvalue weighted by Gasteiger charge is -2.20. The summed E-state index contributed by atoms with van der Waals surface area (Å²) in [6.07, 6.45) is 1.61. The molecule has 2 aromatic heterocycles. The Balaban J connectivity index is 1.70. The van der Waals surface area contributed by atoms with Crippen molar-refractivity contribution in [2.75, 3.05) is 44.6 Å². The summed E-state index contributed by atoms with van der Waals surface area (Å²) in [5.41, 5.74) is 3.17. The molecule has 2 aromatic carbocycles. The van der Waals surface area contributed by atoms with Crippen LogP contribution in [0.3, 0.4) is 0 Å². The predicted octanol–water partition coefficient (Wildman–Crippen LogP) is 3.77. The summed E-state index contributed by atoms with van der Waals surface area (Å²) in [6.45, 7) is 0.912. The van der Waals surface area contributed by atoms with E-state index in [0.29, 0.717) is 41.8 Å². The van der Waals surface area contributed by atoms with E-state index in [1.165, 1.54) is 13.2 Å². The van der Waals surface area contributed by atoms with Gasteiger partial charge in [0.15, 0.2) is 5.82 Å². The first-order chi connectivity index (χ1) is 16.4. The van der Waals surface area contributed by atoms with Crippen LogP contribution in [0.25, 0.3) is 22.6 Å². The highest BCUT2D eigenvalue weighted by molar-refractivity contribution is 5.80. The molecule has 0 aliphatic rings. The van der Waals surface area contributed by atoms with Crippen LogP contribution in [-0.2, 0) is 11.8 Å². The number of hydrogen-bond acceptors (Lipinski definition) is 9. The molecule has 0 radical (unpaired) electrons. The molecule has 1 N–H and O–H groups in total. The molecule has 0 aliphatic carbocycles. The maximum Gasteiger partial charge on any atom is 0.294 e. The molecule has 4 rings (SSSR count). The molecule has 176 valence electrons. The summed E-state index contributed by atoms with van der Waals surface area (Å²) in [7, 11) is 6.77. The van der Waals surface area contributed by atoms with Gasteiger partial charge in [0.2, 0.25) is 5.95 Å². The number of aromatic nitrogens is 4. The minimum atomic E-state index is -0.431. The number of nitrogens with zero attached hydrogens (tertiary/aromatic N) is 6. The van der Waals surface area contributed by atoms with E-state index in [1.807, 2.05) is 35.9 Å². The number of rotatable bonds is 9. The van der Waals surface area contributed by atoms with Gasteiger partial charge < -0.3 is 24.3 Å². The molecule has 0 amide bonds. The van der Waals surface area contributed by atoms with E-state index in [9.17, 15) is 10.1 Å². The van der Waals surface area contributed by atoms with Crippen molar-refractivity contribution in [2.45, 2.75) is 0 Å². The number of fused-ring (bicyclic) bond motifs is 1. The largest absolute Gasteiger partial charge is 0.494 e. The minimum absolute atomic E-state index is 0.0755. The molecule has 0 unspecified atom stereocenters. The number of hydrogen-bond donors (Lipinski definition) is 1. The van der Waals surface area contributed by atoms with Crippen LogP contribution in [0.4, 0.5) is 23.0 Å². The Kier molecular flexibility index (Phi) is 6.55. The van der Waals surface area contributed by atoms with Crippen molar-refractivity contribution >= 4 is 34.0 Å². The highest BCUT2D eigenvalue weighted by Gasteiger charge is 2.22. The maximum absolute atomic E-state index is 11.8. The van der Waals surface area contributed by atoms with Gasteiger partial charge in [-0.1, -0.05) is 12.1 Å². The van der Waals surface area contributed by atoms with Crippen molar-refractivity contribution in [1.82, 2.24) is 19.5 Å². The van der Waals surface area contributed by atoms with E-state index >= 15 is 0 Å². The number of nitro groups is 1. The van der Waals surface area contributed by atoms with Crippen LogP contribution in [0.5, 0.6) is 5.75 Å². The van der Waals surface area contributed by atoms with E-state index in [0.717, 1.165) is 11.0 Å². The van der Waals surface area contributed by atoms with Gasteiger partial charge in [-0.05, 0) is 18.2 Å². The second-order valence-electron chi connectivity index (χ2n) is 7.59. The minimum Gasteiger partial charge on any atom is -0.494 e. The van der Waals surface area contributed by atoms with Gasteiger partial charge >= 0.3 is 0 Å². The number of benzene rings is 2. The van der Waals surface area contributed by atoms with Crippen LogP contribution in [0.2, 0.25) is 0 Å². The predicted molar refractivity (Wildman–Crippen MR) is 130 cm³/mol. The second-order valence-corrected chi connectivity index (χ2v) is 7.59. The highest BCUT2D eigenvalue weighted by atomic mass is 16.6. The molecule has 0 spiro atoms. The average molecular weight is 463 g/mol. The Labute approximate surface area is 196 Å². The second kappa shape index (κ2) is 9.71. The van der Waals surface area contributed by atoms with E-state index in [2.05, 4.69) is 20.3 Å². The Hall–Kier alpha value is -4.25. The first kappa shape index (κ1) is 22.9. The lowest BCUT2D eigenvalue weighted by atomic mass is 10.2. The van der Waals surface area contributed by atoms with Gasteiger partial charge in [-0.2, -0.15) is 0 Å². The number of aryl methyl sites for hydroxylation is 1. The van der Waals surface area contributed by atoms with E-state index in [-0.39, 0.29) is 11.6 Å². The van der Waals surface area contributed by atoms with Crippen molar-refractivity contribution in [3.8, 4) is 17.3 Å². The van der Waals surface area contributed by atoms with Crippen LogP contribution in [-0.4, -0.2) is 58.9 Å². The van der Waals surface area contributed by atoms with Gasteiger partial charge in [-0.15, -0.1) is 0 Å². The molecule has 34 heavy (non-hydrogen) atoms. The third-order valence-electron chi connectivity index (χ3n) is 5.45. The summed E-state index contributed by atoms with van der Waals surface area (Å²) in [6, 6.07) is 12.6. The van der Waals surface area contributed by atoms with Crippen molar-refractivity contribution in [1.29, 1.82) is 0 Å². The smallest absolute Gasteiger partial charge is 0.294 e. The van der Waals surface area contributed by atoms with Crippen molar-refractivity contribution in [2.24, 2.45) is 7.05 Å². The van der Waals surface area contributed by atoms with E-state index in [4.69, 9.17) is 9.47 Å². The zero-order valence-corrected chi connectivity index (χ0v) is 19.3. The summed E-state index contributed by atoms with van der Waals surface area (Å²) in [4.78, 5) is 26.7. The lowest BCUT2D eigenvalue weighted by Crippen LogP contribution is -2.23. The topological polar surface area (TPSA) is 120 Å². The molecule has 11 nitrogen and oxygen atoms in total. The molecule has 0 aliphatic heterocycles. The number of nitro benzene ring substituents is 1. The summed E-state index contributed by atoms with van der Waals surface area (Å²) >= 11 is 0. The molecule has 0 atom stereocenters. The van der Waals surface area contributed by atoms with Crippen LogP contribution in [0, 0.1) is 10.1 Å². The molecule has 0 saturated heterocycles. The first-order valence-corrected chi connectivity index (χ1v) is 10.5. The monoisotopic (exact) mass is 463 g/mol. The zero-order chi connectivity index (χ0) is 24.2. The van der Waals surface area contributed by atoms with E-state index < -0.39 is 4.92 Å². The van der Waals surface area contributed by atoms with Crippen molar-refractivity contribution < 1.29 is 14.4 Å². The first-order valence-electron chi connectivity index (χ1n) is 10.5. The van der Waals surface area contributed by atoms with Gasteiger partial charge in [0.05, 0.1) is 35.4 Å². The summed E-state index contributed by atoms with van der Waals surface area (Å²) < 4.78 is 12.6. The molecule has 0 saturated carbocycles. The molecular formula is C23H25N7O4. The Morgan fingerprint density at radius 1 is 1.18 bits per heavy atom. The van der Waals surface area contributed by atoms with Crippen molar-refractivity contribution in [3.63, 3.8) is 0 Å². The SMILES string of the molecule is COCCN(C)c1cc(OC)c(Nc2nccc(-c3nc4ccccc4n3C)n2)cc1[N+](=O)[O-]. The van der Waals surface area contributed by atoms with Crippen LogP contribution >= 0.6 is 0 Å². The number of nitrogens with one attached hydrogen (secondary N) is 1. The third kappa shape index (κ3) is 4.46. The number of anilines is 3. The fourth-order valence-corrected chi connectivity index (χ4v) is 3.66. The molecular weight excluding hydrogens is 438 g/mol. The Morgan fingerprint density at radius 3 is 2.68 bits per heavy atom. The molecule has 11 heteroatoms. The number of methoxy groups -OCH3 is 2. The number of ether oxygens (including phenoxy) is 2. The zero-order valence-electron chi connectivity index (χ0n) is 19.3. The fraction of sp³-hybridized carbons (Fsp3) is 0.261. The maximum atomic E-state index is 11.8. The Morgan fingerprint density at radius 2 is 1.97 bits per heavy atom. The summed E-state index contributed by atoms with van der Waals surface area (Å²) in [5, 5.41) is 14.9.